The minimum Gasteiger partial charge on any atom is -0.444 e. The normalized spacial score (nSPS) is 12.9. The summed E-state index contributed by atoms with van der Waals surface area (Å²) in [5.74, 6) is -0.719. The van der Waals surface area contributed by atoms with Crippen LogP contribution in [-0.4, -0.2) is 46.7 Å². The van der Waals surface area contributed by atoms with E-state index in [1.54, 1.807) is 39.8 Å². The summed E-state index contributed by atoms with van der Waals surface area (Å²) in [4.78, 5) is 40.7. The van der Waals surface area contributed by atoms with E-state index < -0.39 is 29.7 Å². The summed E-state index contributed by atoms with van der Waals surface area (Å²) in [6.45, 7) is 9.16. The molecule has 0 aliphatic heterocycles. The summed E-state index contributed by atoms with van der Waals surface area (Å²) in [5, 5.41) is 5.52. The molecular weight excluding hydrogens is 438 g/mol. The summed E-state index contributed by atoms with van der Waals surface area (Å²) in [6.07, 6.45) is -0.716. The number of rotatable bonds is 8. The molecule has 0 heterocycles. The first kappa shape index (κ1) is 26.3. The quantitative estimate of drug-likeness (QED) is 0.500. The Morgan fingerprint density at radius 1 is 1.03 bits per heavy atom. The van der Waals surface area contributed by atoms with Crippen molar-refractivity contribution in [2.24, 2.45) is 0 Å². The van der Waals surface area contributed by atoms with E-state index in [1.807, 2.05) is 49.4 Å². The van der Waals surface area contributed by atoms with Crippen molar-refractivity contribution < 1.29 is 19.1 Å². The maximum absolute atomic E-state index is 13.5. The minimum absolute atomic E-state index is 0.0511. The van der Waals surface area contributed by atoms with Crippen LogP contribution >= 0.6 is 12.6 Å². The lowest BCUT2D eigenvalue weighted by molar-refractivity contribution is -0.140. The lowest BCUT2D eigenvalue weighted by Crippen LogP contribution is -2.53. The first-order valence-corrected chi connectivity index (χ1v) is 11.5. The molecule has 0 aromatic heterocycles. The number of alkyl carbamates (subject to hydrolysis) is 1. The number of hydrogen-bond donors (Lipinski definition) is 3. The zero-order valence-corrected chi connectivity index (χ0v) is 20.7. The third-order valence-corrected chi connectivity index (χ3v) is 5.24. The molecule has 2 aromatic rings. The van der Waals surface area contributed by atoms with Crippen molar-refractivity contribution in [3.05, 3.63) is 65.7 Å². The number of benzene rings is 2. The van der Waals surface area contributed by atoms with Crippen LogP contribution in [0, 0.1) is 6.92 Å². The second-order valence-corrected chi connectivity index (χ2v) is 8.99. The third kappa shape index (κ3) is 7.53. The molecular formula is C25H33N3O4S. The number of carbonyl (C=O) groups excluding carboxylic acids is 3. The van der Waals surface area contributed by atoms with E-state index >= 15 is 0 Å². The van der Waals surface area contributed by atoms with Crippen molar-refractivity contribution >= 4 is 36.2 Å². The standard InChI is InChI=1S/C25H33N3O4S/c1-6-28(23(30)20(16-33)27-24(31)32-25(3,4)5)21(18-13-8-7-9-14-18)22(29)26-19-15-11-10-12-17(19)2/h7-15,20-21,33H,6,16H2,1-5H3,(H,26,29)(H,27,31). The predicted octanol–water partition coefficient (Wildman–Crippen LogP) is 4.35. The van der Waals surface area contributed by atoms with Gasteiger partial charge in [0.2, 0.25) is 5.91 Å². The van der Waals surface area contributed by atoms with Crippen LogP contribution in [-0.2, 0) is 14.3 Å². The Morgan fingerprint density at radius 2 is 1.64 bits per heavy atom. The van der Waals surface area contributed by atoms with E-state index in [0.29, 0.717) is 11.3 Å². The molecule has 2 atom stereocenters. The molecule has 0 saturated heterocycles. The number of amides is 3. The number of para-hydroxylation sites is 1. The van der Waals surface area contributed by atoms with E-state index in [9.17, 15) is 14.4 Å². The number of aryl methyl sites for hydroxylation is 1. The molecule has 2 aromatic carbocycles. The third-order valence-electron chi connectivity index (χ3n) is 4.87. The highest BCUT2D eigenvalue weighted by molar-refractivity contribution is 7.80. The number of carbonyl (C=O) groups is 3. The highest BCUT2D eigenvalue weighted by atomic mass is 32.1. The van der Waals surface area contributed by atoms with Crippen LogP contribution in [0.3, 0.4) is 0 Å². The molecule has 2 unspecified atom stereocenters. The highest BCUT2D eigenvalue weighted by Crippen LogP contribution is 2.25. The fraction of sp³-hybridized carbons (Fsp3) is 0.400. The van der Waals surface area contributed by atoms with Crippen LogP contribution in [0.25, 0.3) is 0 Å². The molecule has 2 N–H and O–H groups in total. The predicted molar refractivity (Wildman–Crippen MR) is 133 cm³/mol. The topological polar surface area (TPSA) is 87.7 Å². The molecule has 0 saturated carbocycles. The van der Waals surface area contributed by atoms with Crippen LogP contribution in [0.15, 0.2) is 54.6 Å². The maximum Gasteiger partial charge on any atom is 0.408 e. The van der Waals surface area contributed by atoms with Gasteiger partial charge in [-0.25, -0.2) is 4.79 Å². The molecule has 0 aliphatic carbocycles. The lowest BCUT2D eigenvalue weighted by atomic mass is 10.0. The molecule has 0 aliphatic rings. The molecule has 178 valence electrons. The van der Waals surface area contributed by atoms with Gasteiger partial charge >= 0.3 is 6.09 Å². The van der Waals surface area contributed by atoms with Gasteiger partial charge in [0.15, 0.2) is 0 Å². The lowest BCUT2D eigenvalue weighted by Gasteiger charge is -2.33. The fourth-order valence-corrected chi connectivity index (χ4v) is 3.57. The van der Waals surface area contributed by atoms with Gasteiger partial charge in [-0.1, -0.05) is 48.5 Å². The van der Waals surface area contributed by atoms with Crippen LogP contribution in [0.4, 0.5) is 10.5 Å². The van der Waals surface area contributed by atoms with Crippen molar-refractivity contribution in [3.63, 3.8) is 0 Å². The van der Waals surface area contributed by atoms with Crippen LogP contribution in [0.5, 0.6) is 0 Å². The van der Waals surface area contributed by atoms with Gasteiger partial charge in [0.25, 0.3) is 5.91 Å². The zero-order chi connectivity index (χ0) is 24.6. The van der Waals surface area contributed by atoms with Crippen molar-refractivity contribution in [1.29, 1.82) is 0 Å². The molecule has 3 amide bonds. The Balaban J connectivity index is 2.34. The van der Waals surface area contributed by atoms with Gasteiger partial charge in [-0.2, -0.15) is 12.6 Å². The average molecular weight is 472 g/mol. The molecule has 0 spiro atoms. The summed E-state index contributed by atoms with van der Waals surface area (Å²) >= 11 is 4.26. The van der Waals surface area contributed by atoms with Crippen LogP contribution in [0.2, 0.25) is 0 Å². The molecule has 8 heteroatoms. The monoisotopic (exact) mass is 471 g/mol. The summed E-state index contributed by atoms with van der Waals surface area (Å²) in [6, 6.07) is 14.7. The SMILES string of the molecule is CCN(C(=O)C(CS)NC(=O)OC(C)(C)C)C(C(=O)Nc1ccccc1C)c1ccccc1. The number of thiol groups is 1. The Morgan fingerprint density at radius 3 is 2.18 bits per heavy atom. The average Bonchev–Trinajstić information content (AvgIpc) is 2.76. The molecule has 7 nitrogen and oxygen atoms in total. The number of nitrogens with one attached hydrogen (secondary N) is 2. The fourth-order valence-electron chi connectivity index (χ4n) is 3.32. The minimum atomic E-state index is -0.958. The smallest absolute Gasteiger partial charge is 0.408 e. The maximum atomic E-state index is 13.5. The summed E-state index contributed by atoms with van der Waals surface area (Å²) < 4.78 is 5.28. The number of nitrogens with zero attached hydrogens (tertiary/aromatic N) is 1. The van der Waals surface area contributed by atoms with Gasteiger partial charge in [-0.15, -0.1) is 0 Å². The van der Waals surface area contributed by atoms with E-state index in [4.69, 9.17) is 4.74 Å². The number of hydrogen-bond acceptors (Lipinski definition) is 5. The van der Waals surface area contributed by atoms with Gasteiger partial charge in [0, 0.05) is 18.0 Å². The molecule has 33 heavy (non-hydrogen) atoms. The Labute approximate surface area is 201 Å². The van der Waals surface area contributed by atoms with Gasteiger partial charge in [-0.3, -0.25) is 9.59 Å². The molecule has 0 bridgehead atoms. The zero-order valence-electron chi connectivity index (χ0n) is 19.8. The van der Waals surface area contributed by atoms with Crippen molar-refractivity contribution in [1.82, 2.24) is 10.2 Å². The second kappa shape index (κ2) is 11.7. The van der Waals surface area contributed by atoms with E-state index in [-0.39, 0.29) is 18.2 Å². The second-order valence-electron chi connectivity index (χ2n) is 8.62. The van der Waals surface area contributed by atoms with Gasteiger partial charge in [0.1, 0.15) is 17.7 Å². The first-order valence-electron chi connectivity index (χ1n) is 10.9. The summed E-state index contributed by atoms with van der Waals surface area (Å²) in [7, 11) is 0. The Hall–Kier alpha value is -3.00. The molecule has 2 rings (SSSR count). The summed E-state index contributed by atoms with van der Waals surface area (Å²) in [5.41, 5.74) is 1.53. The molecule has 0 radical (unpaired) electrons. The van der Waals surface area contributed by atoms with Crippen LogP contribution < -0.4 is 10.6 Å². The highest BCUT2D eigenvalue weighted by Gasteiger charge is 2.35. The van der Waals surface area contributed by atoms with Crippen LogP contribution in [0.1, 0.15) is 44.9 Å². The van der Waals surface area contributed by atoms with E-state index in [1.165, 1.54) is 4.90 Å². The Kier molecular flexibility index (Phi) is 9.34. The molecule has 0 fully saturated rings. The van der Waals surface area contributed by atoms with Crippen molar-refractivity contribution in [2.75, 3.05) is 17.6 Å². The van der Waals surface area contributed by atoms with E-state index in [0.717, 1.165) is 5.56 Å². The number of ether oxygens (including phenoxy) is 1. The van der Waals surface area contributed by atoms with Gasteiger partial charge in [0.05, 0.1) is 0 Å². The van der Waals surface area contributed by atoms with Gasteiger partial charge < -0.3 is 20.3 Å². The van der Waals surface area contributed by atoms with Gasteiger partial charge in [-0.05, 0) is 51.8 Å². The Bertz CT molecular complexity index is 960. The number of anilines is 1. The van der Waals surface area contributed by atoms with Crippen molar-refractivity contribution in [2.45, 2.75) is 52.3 Å². The van der Waals surface area contributed by atoms with E-state index in [2.05, 4.69) is 23.3 Å². The largest absolute Gasteiger partial charge is 0.444 e. The van der Waals surface area contributed by atoms with Crippen molar-refractivity contribution in [3.8, 4) is 0 Å². The number of likely N-dealkylation sites (N-methyl/N-ethyl adjacent to an activating group) is 1. The first-order chi connectivity index (χ1) is 15.6.